The van der Waals surface area contributed by atoms with Crippen molar-refractivity contribution < 1.29 is 4.79 Å². The van der Waals surface area contributed by atoms with Crippen LogP contribution in [-0.2, 0) is 30.7 Å². The monoisotopic (exact) mass is 315 g/mol. The van der Waals surface area contributed by atoms with Gasteiger partial charge in [-0.25, -0.2) is 0 Å². The highest BCUT2D eigenvalue weighted by atomic mass is 32.1. The van der Waals surface area contributed by atoms with Crippen molar-refractivity contribution in [3.63, 3.8) is 0 Å². The molecule has 3 rings (SSSR count). The summed E-state index contributed by atoms with van der Waals surface area (Å²) in [6.45, 7) is 2.39. The van der Waals surface area contributed by atoms with E-state index in [4.69, 9.17) is 0 Å². The van der Waals surface area contributed by atoms with Crippen molar-refractivity contribution >= 4 is 17.2 Å². The number of nitrogens with zero attached hydrogens (tertiary/aromatic N) is 3. The third kappa shape index (κ3) is 3.36. The molecular weight excluding hydrogens is 294 g/mol. The third-order valence-corrected chi connectivity index (χ3v) is 4.74. The molecule has 0 N–H and O–H groups in total. The number of hydrogen-bond acceptors (Lipinski definition) is 4. The molecule has 0 aromatic carbocycles. The van der Waals surface area contributed by atoms with Gasteiger partial charge in [0.05, 0.1) is 6.42 Å². The number of hydrogen-bond donors (Lipinski definition) is 0. The van der Waals surface area contributed by atoms with Gasteiger partial charge in [0.15, 0.2) is 0 Å². The quantitative estimate of drug-likeness (QED) is 0.869. The van der Waals surface area contributed by atoms with Gasteiger partial charge < -0.3 is 9.80 Å². The summed E-state index contributed by atoms with van der Waals surface area (Å²) in [7, 11) is 4.14. The molecule has 0 bridgehead atoms. The van der Waals surface area contributed by atoms with E-state index >= 15 is 0 Å². The first kappa shape index (κ1) is 15.2. The Hall–Kier alpha value is -1.72. The molecule has 0 unspecified atom stereocenters. The van der Waals surface area contributed by atoms with Crippen LogP contribution in [0.25, 0.3) is 0 Å². The molecular formula is C17H21N3OS. The maximum absolute atomic E-state index is 12.4. The molecule has 1 amide bonds. The van der Waals surface area contributed by atoms with E-state index in [2.05, 4.69) is 24.0 Å². The Morgan fingerprint density at radius 1 is 1.41 bits per heavy atom. The van der Waals surface area contributed by atoms with E-state index in [9.17, 15) is 4.79 Å². The second-order valence-corrected chi connectivity index (χ2v) is 6.83. The first-order chi connectivity index (χ1) is 10.6. The molecule has 2 aromatic heterocycles. The Kier molecular flexibility index (Phi) is 4.55. The standard InChI is InChI=1S/C17H21N3OS/c1-19(2)10-14-8-18-9-15-11-20(5-3-16(14)15)17(21)7-13-4-6-22-12-13/h4,6,8-9,12H,3,5,7,10-11H2,1-2H3. The predicted octanol–water partition coefficient (Wildman–Crippen LogP) is 2.33. The number of pyridine rings is 1. The maximum Gasteiger partial charge on any atom is 0.227 e. The van der Waals surface area contributed by atoms with Crippen molar-refractivity contribution in [1.29, 1.82) is 0 Å². The van der Waals surface area contributed by atoms with Crippen LogP contribution in [0.4, 0.5) is 0 Å². The highest BCUT2D eigenvalue weighted by Crippen LogP contribution is 2.23. The van der Waals surface area contributed by atoms with Crippen molar-refractivity contribution in [3.05, 3.63) is 51.5 Å². The first-order valence-electron chi connectivity index (χ1n) is 7.51. The summed E-state index contributed by atoms with van der Waals surface area (Å²) < 4.78 is 0. The minimum absolute atomic E-state index is 0.210. The van der Waals surface area contributed by atoms with Gasteiger partial charge in [-0.05, 0) is 59.6 Å². The molecule has 22 heavy (non-hydrogen) atoms. The number of rotatable bonds is 4. The maximum atomic E-state index is 12.4. The van der Waals surface area contributed by atoms with Gasteiger partial charge >= 0.3 is 0 Å². The van der Waals surface area contributed by atoms with Crippen LogP contribution in [0.2, 0.25) is 0 Å². The summed E-state index contributed by atoms with van der Waals surface area (Å²) in [5.74, 6) is 0.210. The molecule has 3 heterocycles. The lowest BCUT2D eigenvalue weighted by Gasteiger charge is -2.30. The smallest absolute Gasteiger partial charge is 0.227 e. The molecule has 0 aliphatic carbocycles. The number of carbonyl (C=O) groups is 1. The molecule has 1 aliphatic heterocycles. The summed E-state index contributed by atoms with van der Waals surface area (Å²) in [6, 6.07) is 2.03. The summed E-state index contributed by atoms with van der Waals surface area (Å²) in [4.78, 5) is 20.9. The second-order valence-electron chi connectivity index (χ2n) is 6.05. The van der Waals surface area contributed by atoms with Crippen molar-refractivity contribution in [2.45, 2.75) is 25.9 Å². The fourth-order valence-electron chi connectivity index (χ4n) is 2.94. The molecule has 5 heteroatoms. The van der Waals surface area contributed by atoms with Gasteiger partial charge in [0.25, 0.3) is 0 Å². The van der Waals surface area contributed by atoms with E-state index in [0.717, 1.165) is 25.1 Å². The van der Waals surface area contributed by atoms with Crippen LogP contribution >= 0.6 is 11.3 Å². The number of amides is 1. The van der Waals surface area contributed by atoms with Crippen molar-refractivity contribution in [3.8, 4) is 0 Å². The summed E-state index contributed by atoms with van der Waals surface area (Å²) in [5, 5.41) is 4.07. The topological polar surface area (TPSA) is 36.4 Å². The van der Waals surface area contributed by atoms with Crippen LogP contribution in [0.3, 0.4) is 0 Å². The Labute approximate surface area is 135 Å². The summed E-state index contributed by atoms with van der Waals surface area (Å²) in [5.41, 5.74) is 4.97. The molecule has 0 spiro atoms. The van der Waals surface area contributed by atoms with Crippen LogP contribution in [0.15, 0.2) is 29.2 Å². The molecule has 0 atom stereocenters. The van der Waals surface area contributed by atoms with E-state index in [1.54, 1.807) is 11.3 Å². The number of thiophene rings is 1. The highest BCUT2D eigenvalue weighted by molar-refractivity contribution is 7.07. The minimum Gasteiger partial charge on any atom is -0.338 e. The molecule has 2 aromatic rings. The average Bonchev–Trinajstić information content (AvgIpc) is 2.99. The van der Waals surface area contributed by atoms with Gasteiger partial charge in [0.2, 0.25) is 5.91 Å². The number of aromatic nitrogens is 1. The Morgan fingerprint density at radius 2 is 2.27 bits per heavy atom. The second kappa shape index (κ2) is 6.58. The SMILES string of the molecule is CN(C)Cc1cncc2c1CCN(C(=O)Cc1ccsc1)C2. The zero-order valence-electron chi connectivity index (χ0n) is 13.1. The van der Waals surface area contributed by atoms with Crippen LogP contribution in [0, 0.1) is 0 Å². The van der Waals surface area contributed by atoms with E-state index in [0.29, 0.717) is 13.0 Å². The lowest BCUT2D eigenvalue weighted by molar-refractivity contribution is -0.131. The minimum atomic E-state index is 0.210. The van der Waals surface area contributed by atoms with Gasteiger partial charge in [-0.15, -0.1) is 0 Å². The molecule has 0 fully saturated rings. The number of carbonyl (C=O) groups excluding carboxylic acids is 1. The zero-order valence-corrected chi connectivity index (χ0v) is 13.9. The normalized spacial score (nSPS) is 14.2. The summed E-state index contributed by atoms with van der Waals surface area (Å²) >= 11 is 1.64. The molecule has 0 saturated carbocycles. The van der Waals surface area contributed by atoms with E-state index in [-0.39, 0.29) is 5.91 Å². The van der Waals surface area contributed by atoms with Crippen molar-refractivity contribution in [1.82, 2.24) is 14.8 Å². The zero-order chi connectivity index (χ0) is 15.5. The molecule has 0 saturated heterocycles. The van der Waals surface area contributed by atoms with Crippen LogP contribution in [0.5, 0.6) is 0 Å². The fraction of sp³-hybridized carbons (Fsp3) is 0.412. The Morgan fingerprint density at radius 3 is 3.00 bits per heavy atom. The van der Waals surface area contributed by atoms with E-state index in [1.165, 1.54) is 16.7 Å². The average molecular weight is 315 g/mol. The van der Waals surface area contributed by atoms with Crippen LogP contribution in [-0.4, -0.2) is 41.3 Å². The van der Waals surface area contributed by atoms with Gasteiger partial charge in [-0.1, -0.05) is 0 Å². The van der Waals surface area contributed by atoms with Gasteiger partial charge in [0.1, 0.15) is 0 Å². The third-order valence-electron chi connectivity index (χ3n) is 4.00. The molecule has 1 aliphatic rings. The largest absolute Gasteiger partial charge is 0.338 e. The van der Waals surface area contributed by atoms with Crippen molar-refractivity contribution in [2.24, 2.45) is 0 Å². The molecule has 116 valence electrons. The van der Waals surface area contributed by atoms with Crippen LogP contribution < -0.4 is 0 Å². The van der Waals surface area contributed by atoms with E-state index < -0.39 is 0 Å². The van der Waals surface area contributed by atoms with Gasteiger partial charge in [0, 0.05) is 32.0 Å². The Bertz CT molecular complexity index is 652. The highest BCUT2D eigenvalue weighted by Gasteiger charge is 2.23. The fourth-order valence-corrected chi connectivity index (χ4v) is 3.61. The molecule has 0 radical (unpaired) electrons. The first-order valence-corrected chi connectivity index (χ1v) is 8.46. The lowest BCUT2D eigenvalue weighted by atomic mass is 9.96. The van der Waals surface area contributed by atoms with Crippen LogP contribution in [0.1, 0.15) is 22.3 Å². The predicted molar refractivity (Wildman–Crippen MR) is 88.8 cm³/mol. The van der Waals surface area contributed by atoms with Gasteiger partial charge in [-0.2, -0.15) is 11.3 Å². The van der Waals surface area contributed by atoms with Gasteiger partial charge in [-0.3, -0.25) is 9.78 Å². The van der Waals surface area contributed by atoms with Crippen molar-refractivity contribution in [2.75, 3.05) is 20.6 Å². The summed E-state index contributed by atoms with van der Waals surface area (Å²) in [6.07, 6.45) is 5.31. The Balaban J connectivity index is 1.72. The molecule has 4 nitrogen and oxygen atoms in total. The van der Waals surface area contributed by atoms with E-state index in [1.807, 2.05) is 34.1 Å². The lowest BCUT2D eigenvalue weighted by Crippen LogP contribution is -2.37. The number of fused-ring (bicyclic) bond motifs is 1.